The second-order valence-corrected chi connectivity index (χ2v) is 7.29. The Labute approximate surface area is 172 Å². The van der Waals surface area contributed by atoms with E-state index in [1.165, 1.54) is 0 Å². The highest BCUT2D eigenvalue weighted by molar-refractivity contribution is 9.10. The Balaban J connectivity index is 2.12. The fraction of sp³-hybridized carbons (Fsp3) is 0.130. The Morgan fingerprint density at radius 2 is 1.82 bits per heavy atom. The molecule has 0 N–H and O–H groups in total. The lowest BCUT2D eigenvalue weighted by Gasteiger charge is -2.12. The van der Waals surface area contributed by atoms with E-state index in [1.807, 2.05) is 73.1 Å². The van der Waals surface area contributed by atoms with E-state index in [-0.39, 0.29) is 0 Å². The van der Waals surface area contributed by atoms with Crippen molar-refractivity contribution in [3.8, 4) is 22.7 Å². The van der Waals surface area contributed by atoms with E-state index in [0.717, 1.165) is 49.5 Å². The van der Waals surface area contributed by atoms with Crippen LogP contribution in [0.15, 0.2) is 65.6 Å². The largest absolute Gasteiger partial charge is 0.492 e. The molecule has 140 valence electrons. The summed E-state index contributed by atoms with van der Waals surface area (Å²) >= 11 is 3.51. The molecule has 4 aromatic rings. The third-order valence-corrected chi connectivity index (χ3v) is 5.14. The molecule has 0 radical (unpaired) electrons. The number of aromatic nitrogens is 3. The average Bonchev–Trinajstić information content (AvgIpc) is 3.08. The number of pyridine rings is 1. The van der Waals surface area contributed by atoms with Gasteiger partial charge in [0, 0.05) is 15.6 Å². The molecule has 0 fully saturated rings. The molecule has 0 amide bonds. The Hall–Kier alpha value is -2.92. The molecule has 0 aliphatic rings. The second kappa shape index (κ2) is 7.60. The molecule has 28 heavy (non-hydrogen) atoms. The molecule has 5 heteroatoms. The van der Waals surface area contributed by atoms with Crippen LogP contribution in [0.4, 0.5) is 0 Å². The molecule has 4 rings (SSSR count). The van der Waals surface area contributed by atoms with Crippen molar-refractivity contribution in [2.24, 2.45) is 0 Å². The van der Waals surface area contributed by atoms with Crippen molar-refractivity contribution in [3.05, 3.63) is 76.9 Å². The van der Waals surface area contributed by atoms with Crippen molar-refractivity contribution >= 4 is 33.0 Å². The molecule has 0 spiro atoms. The number of halogens is 1. The van der Waals surface area contributed by atoms with E-state index in [0.29, 0.717) is 6.61 Å². The van der Waals surface area contributed by atoms with Crippen LogP contribution in [0.5, 0.6) is 5.75 Å². The minimum Gasteiger partial charge on any atom is -0.492 e. The standard InChI is InChI=1S/C23H20BrN3O/c1-4-19-15(3)25-23-20(22(19)28-5-2)21(16-11-13-17(24)14-12-16)26-27(23)18-9-7-6-8-10-18/h4,6-14H,1,5H2,2-3H3. The van der Waals surface area contributed by atoms with Gasteiger partial charge in [0.15, 0.2) is 5.65 Å². The van der Waals surface area contributed by atoms with Crippen LogP contribution in [0.2, 0.25) is 0 Å². The first-order chi connectivity index (χ1) is 13.6. The summed E-state index contributed by atoms with van der Waals surface area (Å²) in [7, 11) is 0. The molecule has 0 bridgehead atoms. The number of ether oxygens (including phenoxy) is 1. The van der Waals surface area contributed by atoms with Gasteiger partial charge in [-0.2, -0.15) is 5.10 Å². The summed E-state index contributed by atoms with van der Waals surface area (Å²) in [5.41, 5.74) is 5.34. The third kappa shape index (κ3) is 3.12. The summed E-state index contributed by atoms with van der Waals surface area (Å²) in [6.45, 7) is 8.47. The van der Waals surface area contributed by atoms with Crippen molar-refractivity contribution in [2.75, 3.05) is 6.61 Å². The summed E-state index contributed by atoms with van der Waals surface area (Å²) in [6, 6.07) is 18.2. The van der Waals surface area contributed by atoms with Crippen LogP contribution in [0, 0.1) is 6.92 Å². The zero-order chi connectivity index (χ0) is 19.7. The van der Waals surface area contributed by atoms with Crippen molar-refractivity contribution in [3.63, 3.8) is 0 Å². The maximum absolute atomic E-state index is 6.08. The van der Waals surface area contributed by atoms with Crippen molar-refractivity contribution in [1.29, 1.82) is 0 Å². The summed E-state index contributed by atoms with van der Waals surface area (Å²) in [4.78, 5) is 4.87. The van der Waals surface area contributed by atoms with Crippen molar-refractivity contribution in [2.45, 2.75) is 13.8 Å². The van der Waals surface area contributed by atoms with E-state index in [2.05, 4.69) is 22.5 Å². The summed E-state index contributed by atoms with van der Waals surface area (Å²) in [5, 5.41) is 5.84. The molecule has 2 aromatic heterocycles. The number of hydrogen-bond donors (Lipinski definition) is 0. The predicted molar refractivity (Wildman–Crippen MR) is 118 cm³/mol. The Morgan fingerprint density at radius 1 is 1.11 bits per heavy atom. The normalized spacial score (nSPS) is 11.0. The van der Waals surface area contributed by atoms with Crippen molar-refractivity contribution < 1.29 is 4.74 Å². The minimum atomic E-state index is 0.551. The molecule has 2 aromatic carbocycles. The van der Waals surface area contributed by atoms with E-state index >= 15 is 0 Å². The predicted octanol–water partition coefficient (Wildman–Crippen LogP) is 6.20. The molecule has 4 nitrogen and oxygen atoms in total. The summed E-state index contributed by atoms with van der Waals surface area (Å²) < 4.78 is 8.99. The van der Waals surface area contributed by atoms with Gasteiger partial charge < -0.3 is 4.74 Å². The van der Waals surface area contributed by atoms with E-state index in [1.54, 1.807) is 6.08 Å². The zero-order valence-corrected chi connectivity index (χ0v) is 17.4. The highest BCUT2D eigenvalue weighted by Crippen LogP contribution is 2.39. The van der Waals surface area contributed by atoms with Crippen LogP contribution in [-0.4, -0.2) is 21.4 Å². The topological polar surface area (TPSA) is 39.9 Å². The summed E-state index contributed by atoms with van der Waals surface area (Å²) in [6.07, 6.45) is 1.80. The van der Waals surface area contributed by atoms with Gasteiger partial charge in [0.1, 0.15) is 11.4 Å². The second-order valence-electron chi connectivity index (χ2n) is 6.38. The van der Waals surface area contributed by atoms with Gasteiger partial charge in [0.25, 0.3) is 0 Å². The van der Waals surface area contributed by atoms with Gasteiger partial charge in [0.2, 0.25) is 0 Å². The van der Waals surface area contributed by atoms with Gasteiger partial charge in [-0.3, -0.25) is 0 Å². The molecular weight excluding hydrogens is 414 g/mol. The van der Waals surface area contributed by atoms with Crippen LogP contribution in [0.25, 0.3) is 34.1 Å². The van der Waals surface area contributed by atoms with Gasteiger partial charge >= 0.3 is 0 Å². The van der Waals surface area contributed by atoms with Crippen LogP contribution in [-0.2, 0) is 0 Å². The molecule has 0 saturated heterocycles. The number of nitrogens with zero attached hydrogens (tertiary/aromatic N) is 3. The molecule has 0 aliphatic heterocycles. The van der Waals surface area contributed by atoms with E-state index in [4.69, 9.17) is 14.8 Å². The highest BCUT2D eigenvalue weighted by atomic mass is 79.9. The van der Waals surface area contributed by atoms with Crippen LogP contribution in [0.1, 0.15) is 18.2 Å². The van der Waals surface area contributed by atoms with Crippen LogP contribution < -0.4 is 4.74 Å². The Bertz CT molecular complexity index is 1150. The smallest absolute Gasteiger partial charge is 0.167 e. The fourth-order valence-electron chi connectivity index (χ4n) is 3.33. The first-order valence-corrected chi connectivity index (χ1v) is 9.93. The quantitative estimate of drug-likeness (QED) is 0.376. The molecule has 0 unspecified atom stereocenters. The third-order valence-electron chi connectivity index (χ3n) is 4.61. The van der Waals surface area contributed by atoms with E-state index < -0.39 is 0 Å². The lowest BCUT2D eigenvalue weighted by atomic mass is 10.0. The molecule has 0 aliphatic carbocycles. The average molecular weight is 434 g/mol. The SMILES string of the molecule is C=Cc1c(C)nc2c(c(-c3ccc(Br)cc3)nn2-c2ccccc2)c1OCC. The van der Waals surface area contributed by atoms with Gasteiger partial charge in [-0.05, 0) is 38.1 Å². The number of benzene rings is 2. The Morgan fingerprint density at radius 3 is 2.46 bits per heavy atom. The van der Waals surface area contributed by atoms with E-state index in [9.17, 15) is 0 Å². The van der Waals surface area contributed by atoms with Crippen LogP contribution in [0.3, 0.4) is 0 Å². The summed E-state index contributed by atoms with van der Waals surface area (Å²) in [5.74, 6) is 0.778. The highest BCUT2D eigenvalue weighted by Gasteiger charge is 2.22. The lowest BCUT2D eigenvalue weighted by molar-refractivity contribution is 0.343. The molecule has 2 heterocycles. The van der Waals surface area contributed by atoms with Crippen LogP contribution >= 0.6 is 15.9 Å². The maximum atomic E-state index is 6.08. The van der Waals surface area contributed by atoms with Gasteiger partial charge in [-0.25, -0.2) is 9.67 Å². The number of aryl methyl sites for hydroxylation is 1. The molecular formula is C23H20BrN3O. The minimum absolute atomic E-state index is 0.551. The zero-order valence-electron chi connectivity index (χ0n) is 15.8. The van der Waals surface area contributed by atoms with Gasteiger partial charge in [0.05, 0.1) is 23.4 Å². The fourth-order valence-corrected chi connectivity index (χ4v) is 3.60. The molecule has 0 saturated carbocycles. The van der Waals surface area contributed by atoms with Crippen molar-refractivity contribution in [1.82, 2.24) is 14.8 Å². The van der Waals surface area contributed by atoms with Gasteiger partial charge in [-0.1, -0.05) is 58.9 Å². The monoisotopic (exact) mass is 433 g/mol. The first kappa shape index (κ1) is 18.4. The first-order valence-electron chi connectivity index (χ1n) is 9.14. The number of hydrogen-bond acceptors (Lipinski definition) is 3. The van der Waals surface area contributed by atoms with Gasteiger partial charge in [-0.15, -0.1) is 0 Å². The Kier molecular flexibility index (Phi) is 5.01. The molecule has 0 atom stereocenters. The maximum Gasteiger partial charge on any atom is 0.167 e. The lowest BCUT2D eigenvalue weighted by Crippen LogP contribution is -2.02. The number of rotatable bonds is 5. The number of fused-ring (bicyclic) bond motifs is 1. The number of para-hydroxylation sites is 1.